The van der Waals surface area contributed by atoms with E-state index in [4.69, 9.17) is 4.74 Å². The maximum atomic E-state index is 11.2. The Bertz CT molecular complexity index is 628. The molecule has 22 heavy (non-hydrogen) atoms. The van der Waals surface area contributed by atoms with E-state index in [1.54, 1.807) is 6.92 Å². The summed E-state index contributed by atoms with van der Waals surface area (Å²) in [4.78, 5) is 32.2. The second-order valence-corrected chi connectivity index (χ2v) is 3.86. The molecule has 10 heteroatoms. The number of nitro groups is 1. The van der Waals surface area contributed by atoms with Crippen LogP contribution in [0.2, 0.25) is 0 Å². The Hall–Kier alpha value is -3.17. The average molecular weight is 310 g/mol. The molecule has 0 saturated carbocycles. The van der Waals surface area contributed by atoms with Gasteiger partial charge in [-0.25, -0.2) is 5.43 Å². The molecule has 0 aliphatic carbocycles. The lowest BCUT2D eigenvalue weighted by Gasteiger charge is -2.07. The topological polar surface area (TPSA) is 143 Å². The number of rotatable bonds is 5. The number of ether oxygens (including phenoxy) is 1. The Morgan fingerprint density at radius 3 is 2.68 bits per heavy atom. The van der Waals surface area contributed by atoms with Gasteiger partial charge in [-0.2, -0.15) is 5.10 Å². The Morgan fingerprint density at radius 2 is 2.14 bits per heavy atom. The van der Waals surface area contributed by atoms with Crippen molar-refractivity contribution in [3.8, 4) is 11.5 Å². The highest BCUT2D eigenvalue weighted by atomic mass is 16.6. The Balaban J connectivity index is 3.02. The van der Waals surface area contributed by atoms with Crippen molar-refractivity contribution in [2.24, 2.45) is 5.10 Å². The summed E-state index contributed by atoms with van der Waals surface area (Å²) in [6, 6.07) is 2.36. The first-order valence-corrected chi connectivity index (χ1v) is 6.10. The quantitative estimate of drug-likeness (QED) is 0.300. The molecule has 1 aromatic carbocycles. The van der Waals surface area contributed by atoms with Crippen LogP contribution in [0.5, 0.6) is 11.5 Å². The number of phenols is 1. The van der Waals surface area contributed by atoms with Crippen LogP contribution in [-0.4, -0.2) is 41.7 Å². The third kappa shape index (κ3) is 4.16. The predicted molar refractivity (Wildman–Crippen MR) is 75.7 cm³/mol. The van der Waals surface area contributed by atoms with Crippen LogP contribution < -0.4 is 15.5 Å². The van der Waals surface area contributed by atoms with Crippen LogP contribution in [0.3, 0.4) is 0 Å². The Kier molecular flexibility index (Phi) is 5.81. The lowest BCUT2D eigenvalue weighted by atomic mass is 10.2. The summed E-state index contributed by atoms with van der Waals surface area (Å²) in [5.74, 6) is -2.56. The number of hydrogen-bond donors (Lipinski definition) is 3. The second-order valence-electron chi connectivity index (χ2n) is 3.86. The van der Waals surface area contributed by atoms with Crippen molar-refractivity contribution in [3.63, 3.8) is 0 Å². The Morgan fingerprint density at radius 1 is 1.45 bits per heavy atom. The minimum atomic E-state index is -0.989. The van der Waals surface area contributed by atoms with E-state index in [1.807, 2.05) is 5.43 Å². The third-order valence-corrected chi connectivity index (χ3v) is 2.39. The number of nitrogens with zero attached hydrogens (tertiary/aromatic N) is 2. The highest BCUT2D eigenvalue weighted by molar-refractivity contribution is 6.34. The number of carbonyl (C=O) groups is 2. The van der Waals surface area contributed by atoms with Crippen molar-refractivity contribution in [2.45, 2.75) is 6.92 Å². The molecular weight excluding hydrogens is 296 g/mol. The van der Waals surface area contributed by atoms with Gasteiger partial charge in [-0.15, -0.1) is 0 Å². The fourth-order valence-corrected chi connectivity index (χ4v) is 1.42. The fourth-order valence-electron chi connectivity index (χ4n) is 1.42. The van der Waals surface area contributed by atoms with Gasteiger partial charge in [-0.05, 0) is 13.0 Å². The largest absolute Gasteiger partial charge is 0.500 e. The molecule has 0 aliphatic heterocycles. The summed E-state index contributed by atoms with van der Waals surface area (Å²) in [6.07, 6.45) is 1.08. The SMILES string of the molecule is CCOc1cc(/C=N/NC(=O)C(=O)NC)cc([N+](=O)[O-])c1O. The normalized spacial score (nSPS) is 10.3. The van der Waals surface area contributed by atoms with Crippen LogP contribution in [0.15, 0.2) is 17.2 Å². The van der Waals surface area contributed by atoms with Crippen molar-refractivity contribution >= 4 is 23.7 Å². The number of hydrogen-bond acceptors (Lipinski definition) is 7. The summed E-state index contributed by atoms with van der Waals surface area (Å²) in [7, 11) is 1.28. The van der Waals surface area contributed by atoms with Gasteiger partial charge in [0.2, 0.25) is 5.75 Å². The van der Waals surface area contributed by atoms with Gasteiger partial charge < -0.3 is 15.2 Å². The molecule has 2 amide bonds. The Labute approximate surface area is 124 Å². The number of nitro benzene ring substituents is 1. The molecule has 118 valence electrons. The number of likely N-dealkylation sites (N-methyl/N-ethyl adjacent to an activating group) is 1. The first-order chi connectivity index (χ1) is 10.4. The molecule has 0 atom stereocenters. The molecule has 0 saturated heterocycles. The summed E-state index contributed by atoms with van der Waals surface area (Å²) in [5.41, 5.74) is 1.58. The first-order valence-electron chi connectivity index (χ1n) is 6.10. The second kappa shape index (κ2) is 7.57. The lowest BCUT2D eigenvalue weighted by Crippen LogP contribution is -2.35. The zero-order chi connectivity index (χ0) is 16.7. The maximum Gasteiger partial charge on any atom is 0.329 e. The van der Waals surface area contributed by atoms with Crippen LogP contribution in [0, 0.1) is 10.1 Å². The van der Waals surface area contributed by atoms with Crippen LogP contribution in [0.4, 0.5) is 5.69 Å². The molecule has 1 aromatic rings. The highest BCUT2D eigenvalue weighted by Gasteiger charge is 2.19. The third-order valence-electron chi connectivity index (χ3n) is 2.39. The standard InChI is InChI=1S/C12H14N4O6/c1-3-22-9-5-7(4-8(10(9)17)16(20)21)6-14-15-12(19)11(18)13-2/h4-6,17H,3H2,1-2H3,(H,13,18)(H,15,19)/b14-6+. The summed E-state index contributed by atoms with van der Waals surface area (Å²) in [5, 5.41) is 26.2. The minimum Gasteiger partial charge on any atom is -0.500 e. The van der Waals surface area contributed by atoms with Crippen molar-refractivity contribution in [1.29, 1.82) is 0 Å². The molecular formula is C12H14N4O6. The monoisotopic (exact) mass is 310 g/mol. The number of amides is 2. The molecule has 0 fully saturated rings. The van der Waals surface area contributed by atoms with Gasteiger partial charge in [0.05, 0.1) is 17.7 Å². The van der Waals surface area contributed by atoms with Gasteiger partial charge in [0.25, 0.3) is 0 Å². The fraction of sp³-hybridized carbons (Fsp3) is 0.250. The van der Waals surface area contributed by atoms with E-state index in [9.17, 15) is 24.8 Å². The van der Waals surface area contributed by atoms with E-state index >= 15 is 0 Å². The molecule has 3 N–H and O–H groups in total. The van der Waals surface area contributed by atoms with Gasteiger partial charge in [-0.1, -0.05) is 0 Å². The van der Waals surface area contributed by atoms with E-state index < -0.39 is 28.2 Å². The summed E-state index contributed by atoms with van der Waals surface area (Å²) >= 11 is 0. The molecule has 0 radical (unpaired) electrons. The number of phenolic OH excluding ortho intramolecular Hbond substituents is 1. The van der Waals surface area contributed by atoms with Crippen molar-refractivity contribution < 1.29 is 24.4 Å². The predicted octanol–water partition coefficient (Wildman–Crippen LogP) is -0.105. The molecule has 0 unspecified atom stereocenters. The van der Waals surface area contributed by atoms with E-state index in [0.717, 1.165) is 12.3 Å². The molecule has 10 nitrogen and oxygen atoms in total. The number of benzene rings is 1. The zero-order valence-corrected chi connectivity index (χ0v) is 11.8. The number of carbonyl (C=O) groups excluding carboxylic acids is 2. The molecule has 1 rings (SSSR count). The molecule has 0 aromatic heterocycles. The van der Waals surface area contributed by atoms with Gasteiger partial charge >= 0.3 is 17.5 Å². The zero-order valence-electron chi connectivity index (χ0n) is 11.8. The van der Waals surface area contributed by atoms with E-state index in [2.05, 4.69) is 10.4 Å². The van der Waals surface area contributed by atoms with Crippen molar-refractivity contribution in [3.05, 3.63) is 27.8 Å². The van der Waals surface area contributed by atoms with Crippen LogP contribution >= 0.6 is 0 Å². The van der Waals surface area contributed by atoms with Gasteiger partial charge in [-0.3, -0.25) is 19.7 Å². The molecule has 0 spiro atoms. The average Bonchev–Trinajstić information content (AvgIpc) is 2.49. The van der Waals surface area contributed by atoms with E-state index in [1.165, 1.54) is 13.1 Å². The minimum absolute atomic E-state index is 0.0872. The van der Waals surface area contributed by atoms with Gasteiger partial charge in [0, 0.05) is 18.7 Å². The van der Waals surface area contributed by atoms with Gasteiger partial charge in [0.15, 0.2) is 5.75 Å². The van der Waals surface area contributed by atoms with Gasteiger partial charge in [0.1, 0.15) is 0 Å². The first kappa shape index (κ1) is 16.9. The number of nitrogens with one attached hydrogen (secondary N) is 2. The van der Waals surface area contributed by atoms with Crippen LogP contribution in [0.1, 0.15) is 12.5 Å². The smallest absolute Gasteiger partial charge is 0.329 e. The highest BCUT2D eigenvalue weighted by Crippen LogP contribution is 2.36. The summed E-state index contributed by atoms with van der Waals surface area (Å²) in [6.45, 7) is 1.84. The lowest BCUT2D eigenvalue weighted by molar-refractivity contribution is -0.386. The molecule has 0 aliphatic rings. The van der Waals surface area contributed by atoms with E-state index in [0.29, 0.717) is 0 Å². The van der Waals surface area contributed by atoms with Crippen molar-refractivity contribution in [1.82, 2.24) is 10.7 Å². The van der Waals surface area contributed by atoms with Crippen molar-refractivity contribution in [2.75, 3.05) is 13.7 Å². The maximum absolute atomic E-state index is 11.2. The molecule has 0 bridgehead atoms. The number of aromatic hydroxyl groups is 1. The summed E-state index contributed by atoms with van der Waals surface area (Å²) < 4.78 is 5.08. The number of hydrazone groups is 1. The van der Waals surface area contributed by atoms with E-state index in [-0.39, 0.29) is 17.9 Å². The van der Waals surface area contributed by atoms with Crippen LogP contribution in [0.25, 0.3) is 0 Å². The molecule has 0 heterocycles. The van der Waals surface area contributed by atoms with Crippen LogP contribution in [-0.2, 0) is 9.59 Å².